The fraction of sp³-hybridized carbons (Fsp3) is 0.136. The number of hydrogen-bond donors (Lipinski definition) is 0. The van der Waals surface area contributed by atoms with Gasteiger partial charge in [-0.1, -0.05) is 23.7 Å². The second-order valence-corrected chi connectivity index (χ2v) is 8.43. The highest BCUT2D eigenvalue weighted by Gasteiger charge is 2.19. The molecule has 3 rings (SSSR count). The first-order valence-corrected chi connectivity index (χ1v) is 10.6. The summed E-state index contributed by atoms with van der Waals surface area (Å²) >= 11 is 5.81. The molecule has 0 saturated carbocycles. The maximum atomic E-state index is 12.5. The van der Waals surface area contributed by atoms with Crippen LogP contribution in [0.4, 0.5) is 5.69 Å². The van der Waals surface area contributed by atoms with E-state index in [2.05, 4.69) is 4.99 Å². The lowest BCUT2D eigenvalue weighted by Gasteiger charge is -2.11. The van der Waals surface area contributed by atoms with E-state index in [-0.39, 0.29) is 16.4 Å². The standard InChI is InChI=1S/C22H20ClNO4S/c1-15-4-5-16(2)20(12-15)24-14-17-6-11-21(22(13-17)27-3)28-29(25,26)19-9-7-18(23)8-10-19/h4-14H,1-3H3. The molecule has 7 heteroatoms. The zero-order valence-electron chi connectivity index (χ0n) is 16.2. The summed E-state index contributed by atoms with van der Waals surface area (Å²) in [7, 11) is -2.57. The number of aryl methyl sites for hydroxylation is 2. The van der Waals surface area contributed by atoms with E-state index in [9.17, 15) is 8.42 Å². The van der Waals surface area contributed by atoms with E-state index in [1.54, 1.807) is 18.3 Å². The van der Waals surface area contributed by atoms with E-state index in [1.807, 2.05) is 32.0 Å². The van der Waals surface area contributed by atoms with Crippen LogP contribution in [0, 0.1) is 13.8 Å². The molecule has 0 aromatic heterocycles. The van der Waals surface area contributed by atoms with Crippen LogP contribution in [0.2, 0.25) is 5.02 Å². The summed E-state index contributed by atoms with van der Waals surface area (Å²) in [6.07, 6.45) is 1.70. The molecule has 3 aromatic carbocycles. The van der Waals surface area contributed by atoms with E-state index >= 15 is 0 Å². The highest BCUT2D eigenvalue weighted by atomic mass is 35.5. The van der Waals surface area contributed by atoms with Gasteiger partial charge in [-0.25, -0.2) is 0 Å². The van der Waals surface area contributed by atoms with Crippen LogP contribution in [0.1, 0.15) is 16.7 Å². The van der Waals surface area contributed by atoms with Gasteiger partial charge in [0.2, 0.25) is 0 Å². The van der Waals surface area contributed by atoms with Crippen molar-refractivity contribution in [1.82, 2.24) is 0 Å². The Morgan fingerprint density at radius 2 is 1.66 bits per heavy atom. The number of aliphatic imine (C=N–C) groups is 1. The molecular weight excluding hydrogens is 410 g/mol. The average molecular weight is 430 g/mol. The molecule has 0 aliphatic rings. The van der Waals surface area contributed by atoms with Crippen LogP contribution >= 0.6 is 11.6 Å². The van der Waals surface area contributed by atoms with E-state index in [0.717, 1.165) is 22.4 Å². The lowest BCUT2D eigenvalue weighted by atomic mass is 10.1. The third-order valence-corrected chi connectivity index (χ3v) is 5.71. The van der Waals surface area contributed by atoms with Crippen LogP contribution in [0.3, 0.4) is 0 Å². The molecule has 0 radical (unpaired) electrons. The van der Waals surface area contributed by atoms with Gasteiger partial charge in [0, 0.05) is 11.2 Å². The molecule has 0 bridgehead atoms. The molecule has 0 N–H and O–H groups in total. The van der Waals surface area contributed by atoms with E-state index < -0.39 is 10.1 Å². The van der Waals surface area contributed by atoms with E-state index in [4.69, 9.17) is 20.5 Å². The van der Waals surface area contributed by atoms with Crippen LogP contribution in [-0.2, 0) is 10.1 Å². The average Bonchev–Trinajstić information content (AvgIpc) is 2.69. The lowest BCUT2D eigenvalue weighted by Crippen LogP contribution is -2.10. The van der Waals surface area contributed by atoms with Crippen molar-refractivity contribution in [2.45, 2.75) is 18.7 Å². The van der Waals surface area contributed by atoms with E-state index in [1.165, 1.54) is 37.4 Å². The van der Waals surface area contributed by atoms with Crippen molar-refractivity contribution < 1.29 is 17.3 Å². The van der Waals surface area contributed by atoms with Gasteiger partial charge < -0.3 is 8.92 Å². The Kier molecular flexibility index (Phi) is 6.25. The maximum Gasteiger partial charge on any atom is 0.339 e. The van der Waals surface area contributed by atoms with Crippen molar-refractivity contribution >= 4 is 33.6 Å². The first-order valence-electron chi connectivity index (χ1n) is 8.78. The summed E-state index contributed by atoms with van der Waals surface area (Å²) in [5.41, 5.74) is 3.80. The number of benzene rings is 3. The van der Waals surface area contributed by atoms with Crippen LogP contribution < -0.4 is 8.92 Å². The highest BCUT2D eigenvalue weighted by molar-refractivity contribution is 7.87. The molecule has 5 nitrogen and oxygen atoms in total. The summed E-state index contributed by atoms with van der Waals surface area (Å²) in [5.74, 6) is 0.374. The molecule has 0 fully saturated rings. The van der Waals surface area contributed by atoms with Crippen LogP contribution in [-0.4, -0.2) is 21.7 Å². The van der Waals surface area contributed by atoms with Crippen LogP contribution in [0.25, 0.3) is 0 Å². The molecule has 0 atom stereocenters. The van der Waals surface area contributed by atoms with Crippen molar-refractivity contribution in [2.24, 2.45) is 4.99 Å². The SMILES string of the molecule is COc1cc(C=Nc2cc(C)ccc2C)ccc1OS(=O)(=O)c1ccc(Cl)cc1. The van der Waals surface area contributed by atoms with Gasteiger partial charge in [0.25, 0.3) is 0 Å². The molecule has 150 valence electrons. The molecule has 29 heavy (non-hydrogen) atoms. The van der Waals surface area contributed by atoms with Gasteiger partial charge in [-0.3, -0.25) is 4.99 Å². The van der Waals surface area contributed by atoms with Gasteiger partial charge >= 0.3 is 10.1 Å². The Bertz CT molecular complexity index is 1160. The summed E-state index contributed by atoms with van der Waals surface area (Å²) < 4.78 is 35.6. The topological polar surface area (TPSA) is 65.0 Å². The monoisotopic (exact) mass is 429 g/mol. The number of nitrogens with zero attached hydrogens (tertiary/aromatic N) is 1. The van der Waals surface area contributed by atoms with Gasteiger partial charge in [0.15, 0.2) is 11.5 Å². The molecule has 0 aliphatic carbocycles. The maximum absolute atomic E-state index is 12.5. The van der Waals surface area contributed by atoms with E-state index in [0.29, 0.717) is 5.02 Å². The Hall–Kier alpha value is -2.83. The molecule has 0 aliphatic heterocycles. The minimum Gasteiger partial charge on any atom is -0.493 e. The van der Waals surface area contributed by atoms with Crippen molar-refractivity contribution in [2.75, 3.05) is 7.11 Å². The molecule has 0 spiro atoms. The predicted octanol–water partition coefficient (Wildman–Crippen LogP) is 5.48. The van der Waals surface area contributed by atoms with Gasteiger partial charge in [0.1, 0.15) is 4.90 Å². The Morgan fingerprint density at radius 3 is 2.34 bits per heavy atom. The van der Waals surface area contributed by atoms with Crippen molar-refractivity contribution in [3.8, 4) is 11.5 Å². The third-order valence-electron chi connectivity index (χ3n) is 4.21. The van der Waals surface area contributed by atoms with Crippen molar-refractivity contribution in [3.05, 3.63) is 82.4 Å². The van der Waals surface area contributed by atoms with Gasteiger partial charge in [0.05, 0.1) is 12.8 Å². The highest BCUT2D eigenvalue weighted by Crippen LogP contribution is 2.31. The number of hydrogen-bond acceptors (Lipinski definition) is 5. The molecule has 0 unspecified atom stereocenters. The first-order chi connectivity index (χ1) is 13.8. The summed E-state index contributed by atoms with van der Waals surface area (Å²) in [5, 5.41) is 0.439. The molecule has 0 saturated heterocycles. The Balaban J connectivity index is 1.86. The zero-order valence-corrected chi connectivity index (χ0v) is 17.8. The zero-order chi connectivity index (χ0) is 21.0. The molecular formula is C22H20ClNO4S. The second-order valence-electron chi connectivity index (χ2n) is 6.45. The second kappa shape index (κ2) is 8.68. The van der Waals surface area contributed by atoms with Crippen molar-refractivity contribution in [3.63, 3.8) is 0 Å². The summed E-state index contributed by atoms with van der Waals surface area (Å²) in [6, 6.07) is 16.7. The number of methoxy groups -OCH3 is 1. The first kappa shape index (κ1) is 20.9. The van der Waals surface area contributed by atoms with Crippen molar-refractivity contribution in [1.29, 1.82) is 0 Å². The Morgan fingerprint density at radius 1 is 0.931 bits per heavy atom. The quantitative estimate of drug-likeness (QED) is 0.384. The van der Waals surface area contributed by atoms with Gasteiger partial charge in [-0.2, -0.15) is 8.42 Å². The molecule has 0 heterocycles. The normalized spacial score (nSPS) is 11.6. The molecule has 0 amide bonds. The molecule has 3 aromatic rings. The number of ether oxygens (including phenoxy) is 1. The van der Waals surface area contributed by atoms with Crippen LogP contribution in [0.5, 0.6) is 11.5 Å². The Labute approximate surface area is 175 Å². The van der Waals surface area contributed by atoms with Crippen LogP contribution in [0.15, 0.2) is 70.6 Å². The number of rotatable bonds is 6. The number of halogens is 1. The predicted molar refractivity (Wildman–Crippen MR) is 115 cm³/mol. The fourth-order valence-electron chi connectivity index (χ4n) is 2.60. The smallest absolute Gasteiger partial charge is 0.339 e. The minimum absolute atomic E-state index is 0.00418. The summed E-state index contributed by atoms with van der Waals surface area (Å²) in [6.45, 7) is 4.00. The fourth-order valence-corrected chi connectivity index (χ4v) is 3.67. The summed E-state index contributed by atoms with van der Waals surface area (Å²) in [4.78, 5) is 4.52. The largest absolute Gasteiger partial charge is 0.493 e. The lowest BCUT2D eigenvalue weighted by molar-refractivity contribution is 0.390. The minimum atomic E-state index is -4.01. The third kappa shape index (κ3) is 5.16. The van der Waals surface area contributed by atoms with Gasteiger partial charge in [-0.15, -0.1) is 0 Å². The van der Waals surface area contributed by atoms with Gasteiger partial charge in [-0.05, 0) is 79.1 Å².